The molecule has 2 fully saturated rings. The van der Waals surface area contributed by atoms with Crippen LogP contribution in [0.4, 0.5) is 4.39 Å². The van der Waals surface area contributed by atoms with Gasteiger partial charge >= 0.3 is 0 Å². The monoisotopic (exact) mass is 478 g/mol. The molecule has 3 atom stereocenters. The molecule has 3 unspecified atom stereocenters. The van der Waals surface area contributed by atoms with Crippen LogP contribution in [0.3, 0.4) is 0 Å². The summed E-state index contributed by atoms with van der Waals surface area (Å²) in [5.74, 6) is 1.08. The van der Waals surface area contributed by atoms with Gasteiger partial charge in [0.15, 0.2) is 0 Å². The topological polar surface area (TPSA) is 54.0 Å². The Morgan fingerprint density at radius 3 is 2.65 bits per heavy atom. The number of hydrogen-bond donors (Lipinski definition) is 2. The van der Waals surface area contributed by atoms with Gasteiger partial charge in [0, 0.05) is 44.3 Å². The van der Waals surface area contributed by atoms with E-state index in [0.29, 0.717) is 30.4 Å². The number of methoxy groups -OCH3 is 2. The fraction of sp³-hybridized carbons (Fsp3) is 0.786. The molecular weight excluding hydrogens is 431 g/mol. The fourth-order valence-corrected chi connectivity index (χ4v) is 6.35. The number of benzene rings is 1. The molecule has 0 bridgehead atoms. The maximum absolute atomic E-state index is 14.4. The highest BCUT2D eigenvalue weighted by Gasteiger charge is 2.43. The highest BCUT2D eigenvalue weighted by molar-refractivity contribution is 5.39. The van der Waals surface area contributed by atoms with Crippen LogP contribution in [-0.2, 0) is 10.3 Å². The van der Waals surface area contributed by atoms with E-state index >= 15 is 0 Å². The third kappa shape index (κ3) is 7.16. The number of rotatable bonds is 13. The van der Waals surface area contributed by atoms with Crippen molar-refractivity contribution in [3.63, 3.8) is 0 Å². The van der Waals surface area contributed by atoms with Crippen molar-refractivity contribution < 1.29 is 19.0 Å². The van der Waals surface area contributed by atoms with Gasteiger partial charge in [-0.15, -0.1) is 0 Å². The lowest BCUT2D eigenvalue weighted by Crippen LogP contribution is -2.52. The fourth-order valence-electron chi connectivity index (χ4n) is 6.35. The molecule has 1 aliphatic heterocycles. The van der Waals surface area contributed by atoms with Crippen molar-refractivity contribution in [2.75, 3.05) is 47.5 Å². The van der Waals surface area contributed by atoms with Crippen LogP contribution in [0.1, 0.15) is 76.2 Å². The third-order valence-corrected chi connectivity index (χ3v) is 8.20. The smallest absolute Gasteiger partial charge is 0.125 e. The molecule has 0 spiro atoms. The van der Waals surface area contributed by atoms with Crippen molar-refractivity contribution in [3.05, 3.63) is 29.6 Å². The Balaban J connectivity index is 1.82. The Morgan fingerprint density at radius 1 is 1.15 bits per heavy atom. The Morgan fingerprint density at radius 2 is 1.94 bits per heavy atom. The summed E-state index contributed by atoms with van der Waals surface area (Å²) in [5.41, 5.74) is -0.536. The highest BCUT2D eigenvalue weighted by atomic mass is 19.1. The molecule has 2 aliphatic rings. The number of likely N-dealkylation sites (N-methyl/N-ethyl adjacent to an activating group) is 1. The Bertz CT molecular complexity index is 728. The second kappa shape index (κ2) is 13.8. The van der Waals surface area contributed by atoms with Crippen LogP contribution in [-0.4, -0.2) is 63.6 Å². The number of unbranched alkanes of at least 4 members (excludes halogenated alkanes) is 1. The maximum atomic E-state index is 14.4. The SMILES string of the molecule is CNCC(CC1CCCCC1)N1CCCC(C(O)(CCCCOC)c2cc(F)ccc2OC)C1. The molecule has 194 valence electrons. The average molecular weight is 479 g/mol. The van der Waals surface area contributed by atoms with Gasteiger partial charge in [-0.25, -0.2) is 4.39 Å². The largest absolute Gasteiger partial charge is 0.496 e. The number of aliphatic hydroxyl groups is 1. The number of halogens is 1. The summed E-state index contributed by atoms with van der Waals surface area (Å²) in [6, 6.07) is 5.02. The Hall–Kier alpha value is -1.21. The van der Waals surface area contributed by atoms with Crippen molar-refractivity contribution in [2.45, 2.75) is 82.3 Å². The average Bonchev–Trinajstić information content (AvgIpc) is 2.87. The molecule has 5 nitrogen and oxygen atoms in total. The minimum atomic E-state index is -1.13. The summed E-state index contributed by atoms with van der Waals surface area (Å²) in [7, 11) is 5.34. The van der Waals surface area contributed by atoms with Gasteiger partial charge in [-0.2, -0.15) is 0 Å². The first-order valence-electron chi connectivity index (χ1n) is 13.5. The van der Waals surface area contributed by atoms with Crippen LogP contribution in [0.2, 0.25) is 0 Å². The van der Waals surface area contributed by atoms with Crippen LogP contribution in [0, 0.1) is 17.7 Å². The quantitative estimate of drug-likeness (QED) is 0.386. The number of hydrogen-bond acceptors (Lipinski definition) is 5. The van der Waals surface area contributed by atoms with E-state index in [1.54, 1.807) is 20.3 Å². The molecule has 1 heterocycles. The van der Waals surface area contributed by atoms with Gasteiger partial charge in [-0.3, -0.25) is 4.90 Å². The molecule has 0 amide bonds. The molecule has 1 aliphatic carbocycles. The summed E-state index contributed by atoms with van der Waals surface area (Å²) in [6.45, 7) is 3.53. The summed E-state index contributed by atoms with van der Waals surface area (Å²) < 4.78 is 25.2. The second-order valence-electron chi connectivity index (χ2n) is 10.5. The summed E-state index contributed by atoms with van der Waals surface area (Å²) >= 11 is 0. The second-order valence-corrected chi connectivity index (χ2v) is 10.5. The molecule has 6 heteroatoms. The number of nitrogens with one attached hydrogen (secondary N) is 1. The lowest BCUT2D eigenvalue weighted by molar-refractivity contribution is -0.0703. The van der Waals surface area contributed by atoms with E-state index in [-0.39, 0.29) is 11.7 Å². The molecule has 34 heavy (non-hydrogen) atoms. The van der Waals surface area contributed by atoms with E-state index in [0.717, 1.165) is 51.2 Å². The number of nitrogens with zero attached hydrogens (tertiary/aromatic N) is 1. The first kappa shape index (κ1) is 27.4. The third-order valence-electron chi connectivity index (χ3n) is 8.20. The van der Waals surface area contributed by atoms with Gasteiger partial charge in [0.05, 0.1) is 12.7 Å². The predicted octanol–water partition coefficient (Wildman–Crippen LogP) is 5.11. The minimum Gasteiger partial charge on any atom is -0.496 e. The van der Waals surface area contributed by atoms with Gasteiger partial charge in [0.2, 0.25) is 0 Å². The molecule has 0 radical (unpaired) electrons. The molecular formula is C28H47FN2O3. The number of ether oxygens (including phenoxy) is 2. The highest BCUT2D eigenvalue weighted by Crippen LogP contribution is 2.44. The zero-order chi connectivity index (χ0) is 24.4. The molecule has 1 saturated heterocycles. The van der Waals surface area contributed by atoms with Gasteiger partial charge in [-0.05, 0) is 76.2 Å². The summed E-state index contributed by atoms with van der Waals surface area (Å²) in [5, 5.41) is 15.7. The molecule has 1 saturated carbocycles. The van der Waals surface area contributed by atoms with Crippen LogP contribution in [0.25, 0.3) is 0 Å². The van der Waals surface area contributed by atoms with Crippen molar-refractivity contribution >= 4 is 0 Å². The van der Waals surface area contributed by atoms with Gasteiger partial charge < -0.3 is 19.9 Å². The van der Waals surface area contributed by atoms with Gasteiger partial charge in [-0.1, -0.05) is 32.1 Å². The Kier molecular flexibility index (Phi) is 11.1. The van der Waals surface area contributed by atoms with E-state index in [1.807, 2.05) is 7.05 Å². The van der Waals surface area contributed by atoms with Crippen molar-refractivity contribution in [1.29, 1.82) is 0 Å². The van der Waals surface area contributed by atoms with E-state index in [1.165, 1.54) is 50.7 Å². The lowest BCUT2D eigenvalue weighted by Gasteiger charge is -2.46. The van der Waals surface area contributed by atoms with E-state index in [2.05, 4.69) is 10.2 Å². The molecule has 0 aromatic heterocycles. The molecule has 2 N–H and O–H groups in total. The summed E-state index contributed by atoms with van der Waals surface area (Å²) in [4.78, 5) is 2.60. The Labute approximate surface area is 206 Å². The van der Waals surface area contributed by atoms with Gasteiger partial charge in [0.1, 0.15) is 11.6 Å². The predicted molar refractivity (Wildman–Crippen MR) is 136 cm³/mol. The van der Waals surface area contributed by atoms with E-state index in [4.69, 9.17) is 9.47 Å². The number of likely N-dealkylation sites (tertiary alicyclic amines) is 1. The maximum Gasteiger partial charge on any atom is 0.125 e. The standard InChI is InChI=1S/C28H47FN2O3/c1-30-20-25(18-22-10-5-4-6-11-22)31-16-9-12-23(21-31)28(32,15-7-8-17-33-2)26-19-24(29)13-14-27(26)34-3/h13-14,19,22-23,25,30,32H,4-12,15-18,20-21H2,1-3H3. The molecule has 1 aromatic rings. The zero-order valence-electron chi connectivity index (χ0n) is 21.7. The van der Waals surface area contributed by atoms with Crippen molar-refractivity contribution in [3.8, 4) is 5.75 Å². The first-order chi connectivity index (χ1) is 16.5. The van der Waals surface area contributed by atoms with Crippen molar-refractivity contribution in [1.82, 2.24) is 10.2 Å². The van der Waals surface area contributed by atoms with Crippen LogP contribution in [0.15, 0.2) is 18.2 Å². The van der Waals surface area contributed by atoms with Crippen LogP contribution < -0.4 is 10.1 Å². The van der Waals surface area contributed by atoms with Gasteiger partial charge in [0.25, 0.3) is 0 Å². The summed E-state index contributed by atoms with van der Waals surface area (Å²) in [6.07, 6.45) is 12.3. The normalized spacial score (nSPS) is 22.9. The minimum absolute atomic E-state index is 0.0326. The number of piperidine rings is 1. The molecule has 3 rings (SSSR count). The van der Waals surface area contributed by atoms with Crippen molar-refractivity contribution in [2.24, 2.45) is 11.8 Å². The lowest BCUT2D eigenvalue weighted by atomic mass is 9.73. The van der Waals surface area contributed by atoms with Crippen LogP contribution >= 0.6 is 0 Å². The van der Waals surface area contributed by atoms with E-state index in [9.17, 15) is 9.50 Å². The van der Waals surface area contributed by atoms with E-state index < -0.39 is 5.60 Å². The zero-order valence-corrected chi connectivity index (χ0v) is 21.7. The van der Waals surface area contributed by atoms with Crippen LogP contribution in [0.5, 0.6) is 5.75 Å². The molecule has 1 aromatic carbocycles. The first-order valence-corrected chi connectivity index (χ1v) is 13.5.